The normalized spacial score (nSPS) is 14.5. The summed E-state index contributed by atoms with van der Waals surface area (Å²) in [6.07, 6.45) is 0. The molecule has 1 aliphatic heterocycles. The molecular formula is C29H25ClFN5O5S. The van der Waals surface area contributed by atoms with Crippen LogP contribution in [0.5, 0.6) is 17.2 Å². The summed E-state index contributed by atoms with van der Waals surface area (Å²) < 4.78 is 29.9. The number of nitrogens with one attached hydrogen (secondary N) is 2. The van der Waals surface area contributed by atoms with E-state index in [4.69, 9.17) is 25.8 Å². The number of hydrogen-bond donors (Lipinski definition) is 2. The molecule has 2 N–H and O–H groups in total. The maximum atomic E-state index is 13.4. The van der Waals surface area contributed by atoms with Crippen LogP contribution in [0.4, 0.5) is 15.1 Å². The van der Waals surface area contributed by atoms with Crippen LogP contribution in [0.3, 0.4) is 0 Å². The van der Waals surface area contributed by atoms with Crippen molar-refractivity contribution in [1.82, 2.24) is 20.4 Å². The van der Waals surface area contributed by atoms with E-state index in [0.29, 0.717) is 44.8 Å². The Labute approximate surface area is 250 Å². The van der Waals surface area contributed by atoms with Gasteiger partial charge in [-0.25, -0.2) is 29.6 Å². The lowest BCUT2D eigenvalue weighted by atomic mass is 10.1. The summed E-state index contributed by atoms with van der Waals surface area (Å²) in [5.41, 5.74) is 5.52. The van der Waals surface area contributed by atoms with Crippen molar-refractivity contribution in [2.45, 2.75) is 5.37 Å². The van der Waals surface area contributed by atoms with Crippen molar-refractivity contribution in [2.24, 2.45) is 0 Å². The summed E-state index contributed by atoms with van der Waals surface area (Å²) >= 11 is 7.40. The minimum Gasteiger partial charge on any atom is -0.493 e. The van der Waals surface area contributed by atoms with Gasteiger partial charge in [-0.15, -0.1) is 11.8 Å². The van der Waals surface area contributed by atoms with Crippen molar-refractivity contribution in [2.75, 3.05) is 32.4 Å². The highest BCUT2D eigenvalue weighted by Gasteiger charge is 2.34. The lowest BCUT2D eigenvalue weighted by Crippen LogP contribution is -2.46. The van der Waals surface area contributed by atoms with Gasteiger partial charge in [0.1, 0.15) is 11.2 Å². The summed E-state index contributed by atoms with van der Waals surface area (Å²) in [5, 5.41) is 3.87. The number of thioether (sulfide) groups is 1. The molecule has 1 aliphatic rings. The molecule has 5 rings (SSSR count). The van der Waals surface area contributed by atoms with Crippen LogP contribution in [-0.2, 0) is 4.79 Å². The number of halogens is 2. The first-order valence-electron chi connectivity index (χ1n) is 12.5. The molecule has 0 radical (unpaired) electrons. The number of carbonyl (C=O) groups excluding carboxylic acids is 2. The molecule has 216 valence electrons. The number of ether oxygens (including phenoxy) is 3. The number of urea groups is 1. The maximum absolute atomic E-state index is 13.4. The number of aromatic nitrogens is 2. The van der Waals surface area contributed by atoms with Gasteiger partial charge in [0.05, 0.1) is 38.5 Å². The zero-order chi connectivity index (χ0) is 29.8. The lowest BCUT2D eigenvalue weighted by molar-refractivity contribution is -0.130. The highest BCUT2D eigenvalue weighted by Crippen LogP contribution is 2.41. The average molecular weight is 610 g/mol. The van der Waals surface area contributed by atoms with Crippen molar-refractivity contribution in [3.63, 3.8) is 0 Å². The molecule has 10 nitrogen and oxygen atoms in total. The largest absolute Gasteiger partial charge is 0.493 e. The van der Waals surface area contributed by atoms with Crippen molar-refractivity contribution < 1.29 is 28.2 Å². The fourth-order valence-corrected chi connectivity index (χ4v) is 5.54. The van der Waals surface area contributed by atoms with Gasteiger partial charge in [0.25, 0.3) is 5.91 Å². The Morgan fingerprint density at radius 1 is 0.929 bits per heavy atom. The summed E-state index contributed by atoms with van der Waals surface area (Å²) in [5.74, 6) is 0.671. The van der Waals surface area contributed by atoms with Crippen LogP contribution in [0.25, 0.3) is 22.5 Å². The Morgan fingerprint density at radius 2 is 1.55 bits per heavy atom. The highest BCUT2D eigenvalue weighted by molar-refractivity contribution is 8.00. The molecule has 13 heteroatoms. The first-order chi connectivity index (χ1) is 20.3. The zero-order valence-electron chi connectivity index (χ0n) is 22.7. The molecule has 42 heavy (non-hydrogen) atoms. The summed E-state index contributed by atoms with van der Waals surface area (Å²) in [6.45, 7) is 0. The van der Waals surface area contributed by atoms with Gasteiger partial charge in [0.2, 0.25) is 11.7 Å². The van der Waals surface area contributed by atoms with E-state index in [0.717, 1.165) is 5.56 Å². The number of anilines is 1. The Balaban J connectivity index is 1.48. The van der Waals surface area contributed by atoms with Crippen molar-refractivity contribution in [3.8, 4) is 39.8 Å². The first kappa shape index (κ1) is 29.0. The number of benzene rings is 3. The Morgan fingerprint density at radius 3 is 2.14 bits per heavy atom. The molecular weight excluding hydrogens is 585 g/mol. The molecule has 0 saturated carbocycles. The number of nitrogens with zero attached hydrogens (tertiary/aromatic N) is 3. The number of hydrogen-bond acceptors (Lipinski definition) is 8. The van der Waals surface area contributed by atoms with Gasteiger partial charge < -0.3 is 14.2 Å². The van der Waals surface area contributed by atoms with Crippen LogP contribution in [0.2, 0.25) is 5.02 Å². The fraction of sp³-hybridized carbons (Fsp3) is 0.172. The predicted octanol–water partition coefficient (Wildman–Crippen LogP) is 5.94. The Bertz CT molecular complexity index is 1600. The van der Waals surface area contributed by atoms with E-state index >= 15 is 0 Å². The second-order valence-electron chi connectivity index (χ2n) is 8.93. The smallest absolute Gasteiger partial charge is 0.340 e. The van der Waals surface area contributed by atoms with Crippen molar-refractivity contribution in [1.29, 1.82) is 0 Å². The van der Waals surface area contributed by atoms with Gasteiger partial charge >= 0.3 is 6.03 Å². The topological polar surface area (TPSA) is 115 Å². The quantitative estimate of drug-likeness (QED) is 0.252. The molecule has 1 fully saturated rings. The van der Waals surface area contributed by atoms with E-state index in [1.54, 1.807) is 54.6 Å². The molecule has 1 atom stereocenters. The van der Waals surface area contributed by atoms with Gasteiger partial charge in [-0.1, -0.05) is 35.9 Å². The van der Waals surface area contributed by atoms with E-state index in [1.165, 1.54) is 50.2 Å². The van der Waals surface area contributed by atoms with E-state index < -0.39 is 17.2 Å². The van der Waals surface area contributed by atoms with E-state index in [9.17, 15) is 14.0 Å². The molecule has 3 aromatic carbocycles. The predicted molar refractivity (Wildman–Crippen MR) is 158 cm³/mol. The lowest BCUT2D eigenvalue weighted by Gasteiger charge is -2.24. The number of carbonyl (C=O) groups is 2. The standard InChI is InChI=1S/C29H25ClFN5O5S/c1-39-23-12-18(13-24(40-2)26(23)41-3)22-14-21(16-4-8-19(30)9-5-16)32-28(33-22)34-29(38)35-36-25(37)15-42-27(36)17-6-10-20(31)11-7-17/h4-14,27H,15H2,1-3H3,(H2,32,33,34,35,38). The molecule has 0 spiro atoms. The van der Waals surface area contributed by atoms with E-state index in [2.05, 4.69) is 20.7 Å². The molecule has 2 heterocycles. The van der Waals surface area contributed by atoms with Crippen molar-refractivity contribution >= 4 is 41.2 Å². The second-order valence-corrected chi connectivity index (χ2v) is 10.4. The molecule has 0 bridgehead atoms. The minimum atomic E-state index is -0.734. The van der Waals surface area contributed by atoms with E-state index in [1.807, 2.05) is 0 Å². The van der Waals surface area contributed by atoms with Crippen LogP contribution < -0.4 is 25.0 Å². The third-order valence-electron chi connectivity index (χ3n) is 6.30. The molecule has 4 aromatic rings. The van der Waals surface area contributed by atoms with Crippen LogP contribution in [0, 0.1) is 5.82 Å². The molecule has 1 aromatic heterocycles. The third kappa shape index (κ3) is 6.19. The number of rotatable bonds is 8. The fourth-order valence-electron chi connectivity index (χ4n) is 4.31. The van der Waals surface area contributed by atoms with Crippen LogP contribution in [-0.4, -0.2) is 54.0 Å². The number of methoxy groups -OCH3 is 3. The van der Waals surface area contributed by atoms with Gasteiger partial charge in [-0.3, -0.25) is 10.1 Å². The molecule has 3 amide bonds. The van der Waals surface area contributed by atoms with Crippen molar-refractivity contribution in [3.05, 3.63) is 83.1 Å². The number of hydrazine groups is 1. The monoisotopic (exact) mass is 609 g/mol. The Hall–Kier alpha value is -4.55. The van der Waals surface area contributed by atoms with Crippen LogP contribution >= 0.6 is 23.4 Å². The minimum absolute atomic E-state index is 0.0265. The summed E-state index contributed by atoms with van der Waals surface area (Å²) in [6, 6.07) is 17.3. The average Bonchev–Trinajstić information content (AvgIpc) is 3.36. The third-order valence-corrected chi connectivity index (χ3v) is 7.76. The maximum Gasteiger partial charge on any atom is 0.340 e. The van der Waals surface area contributed by atoms with Crippen LogP contribution in [0.1, 0.15) is 10.9 Å². The first-order valence-corrected chi connectivity index (χ1v) is 13.9. The SMILES string of the molecule is COc1cc(-c2cc(-c3ccc(Cl)cc3)nc(NC(=O)NN3C(=O)CSC3c3ccc(F)cc3)n2)cc(OC)c1OC. The molecule has 1 unspecified atom stereocenters. The van der Waals surface area contributed by atoms with E-state index in [-0.39, 0.29) is 17.6 Å². The second kappa shape index (κ2) is 12.5. The number of amides is 3. The zero-order valence-corrected chi connectivity index (χ0v) is 24.3. The highest BCUT2D eigenvalue weighted by atomic mass is 35.5. The summed E-state index contributed by atoms with van der Waals surface area (Å²) in [4.78, 5) is 34.8. The Kier molecular flexibility index (Phi) is 8.64. The van der Waals surface area contributed by atoms with Gasteiger partial charge in [-0.05, 0) is 48.0 Å². The summed E-state index contributed by atoms with van der Waals surface area (Å²) in [7, 11) is 4.53. The van der Waals surface area contributed by atoms with Crippen LogP contribution in [0.15, 0.2) is 66.7 Å². The molecule has 1 saturated heterocycles. The molecule has 0 aliphatic carbocycles. The van der Waals surface area contributed by atoms with Gasteiger partial charge in [0.15, 0.2) is 11.5 Å². The van der Waals surface area contributed by atoms with Gasteiger partial charge in [0, 0.05) is 16.1 Å². The van der Waals surface area contributed by atoms with Gasteiger partial charge in [-0.2, -0.15) is 0 Å².